The van der Waals surface area contributed by atoms with Gasteiger partial charge in [-0.05, 0) is 68.7 Å². The molecule has 0 fully saturated rings. The second-order valence-electron chi connectivity index (χ2n) is 9.50. The summed E-state index contributed by atoms with van der Waals surface area (Å²) in [6, 6.07) is 5.83. The Balaban J connectivity index is 2.09. The van der Waals surface area contributed by atoms with E-state index in [-0.39, 0.29) is 30.6 Å². The Labute approximate surface area is 224 Å². The first-order valence-corrected chi connectivity index (χ1v) is 14.1. The van der Waals surface area contributed by atoms with E-state index in [1.54, 1.807) is 11.3 Å². The summed E-state index contributed by atoms with van der Waals surface area (Å²) in [5, 5.41) is 17.2. The fourth-order valence-corrected chi connectivity index (χ4v) is 5.76. The van der Waals surface area contributed by atoms with Gasteiger partial charge in [0, 0.05) is 43.0 Å². The van der Waals surface area contributed by atoms with E-state index in [2.05, 4.69) is 21.3 Å². The Morgan fingerprint density at radius 1 is 1.24 bits per heavy atom. The number of carbonyl (C=O) groups is 1. The molecule has 1 aromatic carbocycles. The van der Waals surface area contributed by atoms with Crippen LogP contribution in [0.5, 0.6) is 5.75 Å². The highest BCUT2D eigenvalue weighted by molar-refractivity contribution is 7.89. The fraction of sp³-hybridized carbons (Fsp3) is 0.542. The number of hydrogen-bond acceptors (Lipinski definition) is 8. The number of ether oxygens (including phenoxy) is 1. The van der Waals surface area contributed by atoms with Gasteiger partial charge in [-0.2, -0.15) is 9.21 Å². The zero-order valence-electron chi connectivity index (χ0n) is 21.3. The number of hydrogen-bond donors (Lipinski definition) is 2. The summed E-state index contributed by atoms with van der Waals surface area (Å²) in [4.78, 5) is 23.1. The van der Waals surface area contributed by atoms with Crippen LogP contribution in [0.3, 0.4) is 0 Å². The van der Waals surface area contributed by atoms with E-state index in [1.165, 1.54) is 11.9 Å². The van der Waals surface area contributed by atoms with E-state index in [4.69, 9.17) is 5.11 Å². The molecule has 9 nitrogen and oxygen atoms in total. The van der Waals surface area contributed by atoms with Gasteiger partial charge in [-0.3, -0.25) is 4.79 Å². The highest BCUT2D eigenvalue weighted by Gasteiger charge is 2.33. The molecular formula is C24H32F3N3O6S2. The molecule has 14 heteroatoms. The van der Waals surface area contributed by atoms with E-state index in [0.717, 1.165) is 35.7 Å². The fourth-order valence-electron chi connectivity index (χ4n) is 3.72. The second kappa shape index (κ2) is 13.5. The van der Waals surface area contributed by atoms with Crippen LogP contribution in [0.1, 0.15) is 43.6 Å². The summed E-state index contributed by atoms with van der Waals surface area (Å²) >= 11 is 1.68. The molecule has 212 valence electrons. The number of alkyl halides is 3. The number of benzene rings is 1. The van der Waals surface area contributed by atoms with Crippen molar-refractivity contribution in [3.8, 4) is 5.75 Å². The van der Waals surface area contributed by atoms with E-state index in [1.807, 2.05) is 25.3 Å². The van der Waals surface area contributed by atoms with Crippen LogP contribution in [0.2, 0.25) is 0 Å². The minimum Gasteiger partial charge on any atom is -0.481 e. The number of likely N-dealkylation sites (N-methyl/N-ethyl adjacent to an activating group) is 1. The SMILES string of the molecule is CN(C[C@@H](CNC(C)(C)CCCc1cccs1)N=O)S(=O)(=O)c1cc(CCC(=O)O)cc(OC(F)(F)F)c1. The molecule has 0 saturated carbocycles. The summed E-state index contributed by atoms with van der Waals surface area (Å²) in [5.41, 5.74) is -0.308. The molecule has 2 N–H and O–H groups in total. The lowest BCUT2D eigenvalue weighted by Gasteiger charge is -2.28. The van der Waals surface area contributed by atoms with Crippen molar-refractivity contribution in [3.05, 3.63) is 51.1 Å². The Hall–Kier alpha value is -2.55. The van der Waals surface area contributed by atoms with Gasteiger partial charge in [0.15, 0.2) is 0 Å². The average molecular weight is 580 g/mol. The van der Waals surface area contributed by atoms with Crippen LogP contribution in [0.15, 0.2) is 45.8 Å². The van der Waals surface area contributed by atoms with Crippen molar-refractivity contribution >= 4 is 27.3 Å². The number of aliphatic carboxylic acids is 1. The van der Waals surface area contributed by atoms with Gasteiger partial charge in [0.05, 0.1) is 4.90 Å². The molecule has 2 rings (SSSR count). The number of halogens is 3. The summed E-state index contributed by atoms with van der Waals surface area (Å²) in [6.45, 7) is 3.71. The summed E-state index contributed by atoms with van der Waals surface area (Å²) in [7, 11) is -3.17. The number of rotatable bonds is 16. The third kappa shape index (κ3) is 10.7. The van der Waals surface area contributed by atoms with Gasteiger partial charge in [-0.1, -0.05) is 11.2 Å². The Bertz CT molecular complexity index is 1170. The normalized spacial score (nSPS) is 13.4. The Morgan fingerprint density at radius 2 is 1.95 bits per heavy atom. The molecule has 0 aliphatic carbocycles. The van der Waals surface area contributed by atoms with Crippen LogP contribution in [0.4, 0.5) is 13.2 Å². The highest BCUT2D eigenvalue weighted by Crippen LogP contribution is 2.29. The number of aryl methyl sites for hydroxylation is 2. The van der Waals surface area contributed by atoms with Gasteiger partial charge in [-0.25, -0.2) is 8.42 Å². The molecule has 1 heterocycles. The van der Waals surface area contributed by atoms with Crippen LogP contribution in [0, 0.1) is 4.91 Å². The minimum absolute atomic E-state index is 0.0390. The minimum atomic E-state index is -5.08. The quantitative estimate of drug-likeness (QED) is 0.274. The molecule has 0 spiro atoms. The number of carboxylic acid groups (broad SMARTS) is 1. The van der Waals surface area contributed by atoms with Crippen LogP contribution in [-0.4, -0.2) is 61.9 Å². The lowest BCUT2D eigenvalue weighted by molar-refractivity contribution is -0.274. The number of nitroso groups, excluding NO2 is 1. The molecule has 0 unspecified atom stereocenters. The van der Waals surface area contributed by atoms with Crippen molar-refractivity contribution in [1.29, 1.82) is 0 Å². The zero-order valence-corrected chi connectivity index (χ0v) is 23.0. The average Bonchev–Trinajstić information content (AvgIpc) is 3.32. The Morgan fingerprint density at radius 3 is 2.53 bits per heavy atom. The third-order valence-corrected chi connectivity index (χ3v) is 8.48. The highest BCUT2D eigenvalue weighted by atomic mass is 32.2. The lowest BCUT2D eigenvalue weighted by Crippen LogP contribution is -2.46. The summed E-state index contributed by atoms with van der Waals surface area (Å²) < 4.78 is 69.4. The molecule has 0 bridgehead atoms. The Kier molecular flexibility index (Phi) is 11.2. The van der Waals surface area contributed by atoms with E-state index < -0.39 is 45.5 Å². The van der Waals surface area contributed by atoms with E-state index in [0.29, 0.717) is 6.07 Å². The maximum atomic E-state index is 13.2. The van der Waals surface area contributed by atoms with Crippen molar-refractivity contribution in [2.45, 2.75) is 68.8 Å². The number of sulfonamides is 1. The van der Waals surface area contributed by atoms with Crippen molar-refractivity contribution in [2.24, 2.45) is 5.18 Å². The van der Waals surface area contributed by atoms with Crippen molar-refractivity contribution in [2.75, 3.05) is 20.1 Å². The monoisotopic (exact) mass is 579 g/mol. The van der Waals surface area contributed by atoms with Crippen molar-refractivity contribution in [3.63, 3.8) is 0 Å². The molecular weight excluding hydrogens is 547 g/mol. The maximum Gasteiger partial charge on any atom is 0.573 e. The van der Waals surface area contributed by atoms with Gasteiger partial charge < -0.3 is 15.2 Å². The summed E-state index contributed by atoms with van der Waals surface area (Å²) in [5.74, 6) is -1.99. The van der Waals surface area contributed by atoms with Crippen molar-refractivity contribution < 1.29 is 36.2 Å². The smallest absolute Gasteiger partial charge is 0.481 e. The number of carboxylic acids is 1. The van der Waals surface area contributed by atoms with Crippen LogP contribution >= 0.6 is 11.3 Å². The first-order valence-electron chi connectivity index (χ1n) is 11.8. The molecule has 0 amide bonds. The van der Waals surface area contributed by atoms with E-state index in [9.17, 15) is 31.3 Å². The third-order valence-electron chi connectivity index (χ3n) is 5.75. The van der Waals surface area contributed by atoms with Crippen molar-refractivity contribution in [1.82, 2.24) is 9.62 Å². The first kappa shape index (κ1) is 31.7. The molecule has 0 saturated heterocycles. The number of nitrogens with zero attached hydrogens (tertiary/aromatic N) is 2. The predicted molar refractivity (Wildman–Crippen MR) is 138 cm³/mol. The van der Waals surface area contributed by atoms with Gasteiger partial charge >= 0.3 is 12.3 Å². The maximum absolute atomic E-state index is 13.2. The predicted octanol–water partition coefficient (Wildman–Crippen LogP) is 4.81. The topological polar surface area (TPSA) is 125 Å². The van der Waals surface area contributed by atoms with Gasteiger partial charge in [0.2, 0.25) is 10.0 Å². The number of nitrogens with one attached hydrogen (secondary N) is 1. The summed E-state index contributed by atoms with van der Waals surface area (Å²) in [6.07, 6.45) is -3.07. The lowest BCUT2D eigenvalue weighted by atomic mass is 9.96. The standard InChI is InChI=1S/C24H32F3N3O6S2/c1-23(2,10-4-6-20-7-5-11-37-20)28-15-18(29-33)16-30(3)38(34,35)21-13-17(8-9-22(31)32)12-19(14-21)36-24(25,26)27/h5,7,11-14,18,28H,4,6,8-10,15-16H2,1-3H3,(H,31,32)/t18-/m1/s1. The molecule has 2 aromatic rings. The molecule has 0 radical (unpaired) electrons. The molecule has 0 aliphatic heterocycles. The van der Waals surface area contributed by atoms with Crippen LogP contribution < -0.4 is 10.1 Å². The van der Waals surface area contributed by atoms with Crippen LogP contribution in [0.25, 0.3) is 0 Å². The second-order valence-corrected chi connectivity index (χ2v) is 12.6. The number of thiophene rings is 1. The largest absolute Gasteiger partial charge is 0.573 e. The van der Waals surface area contributed by atoms with Gasteiger partial charge in [-0.15, -0.1) is 24.5 Å². The van der Waals surface area contributed by atoms with Gasteiger partial charge in [0.1, 0.15) is 11.8 Å². The first-order chi connectivity index (χ1) is 17.6. The van der Waals surface area contributed by atoms with Crippen LogP contribution in [-0.2, 0) is 27.7 Å². The zero-order chi connectivity index (χ0) is 28.6. The molecule has 1 aromatic heterocycles. The van der Waals surface area contributed by atoms with Gasteiger partial charge in [0.25, 0.3) is 0 Å². The molecule has 1 atom stereocenters. The molecule has 38 heavy (non-hydrogen) atoms. The molecule has 0 aliphatic rings. The van der Waals surface area contributed by atoms with E-state index >= 15 is 0 Å².